The third-order valence-electron chi connectivity index (χ3n) is 5.01. The topological polar surface area (TPSA) is 123 Å². The summed E-state index contributed by atoms with van der Waals surface area (Å²) in [6, 6.07) is 10.3. The molecule has 0 saturated heterocycles. The zero-order valence-electron chi connectivity index (χ0n) is 15.7. The van der Waals surface area contributed by atoms with Gasteiger partial charge in [-0.2, -0.15) is 0 Å². The van der Waals surface area contributed by atoms with Gasteiger partial charge in [-0.25, -0.2) is 8.42 Å². The van der Waals surface area contributed by atoms with Crippen molar-refractivity contribution >= 4 is 76.9 Å². The maximum absolute atomic E-state index is 13.1. The van der Waals surface area contributed by atoms with Gasteiger partial charge in [-0.05, 0) is 42.5 Å². The molecule has 150 valence electrons. The van der Waals surface area contributed by atoms with Crippen LogP contribution in [0.3, 0.4) is 0 Å². The Labute approximate surface area is 206 Å². The third kappa shape index (κ3) is 3.48. The van der Waals surface area contributed by atoms with E-state index >= 15 is 0 Å². The Balaban J connectivity index is 0.00000231. The molecule has 0 atom stereocenters. The van der Waals surface area contributed by atoms with E-state index in [1.54, 1.807) is 18.2 Å². The molecule has 7 nitrogen and oxygen atoms in total. The van der Waals surface area contributed by atoms with Crippen molar-refractivity contribution in [2.45, 2.75) is 4.90 Å². The van der Waals surface area contributed by atoms with Crippen molar-refractivity contribution in [1.29, 1.82) is 0 Å². The van der Waals surface area contributed by atoms with E-state index in [0.29, 0.717) is 21.4 Å². The Bertz CT molecular complexity index is 1800. The molecular formula is C20H9Cl2N2NaO5S. The molecule has 0 unspecified atom stereocenters. The molecule has 3 aromatic carbocycles. The van der Waals surface area contributed by atoms with E-state index < -0.39 is 20.4 Å². The molecule has 5 aromatic rings. The van der Waals surface area contributed by atoms with E-state index in [4.69, 9.17) is 23.2 Å². The zero-order chi connectivity index (χ0) is 21.4. The number of fused-ring (bicyclic) bond motifs is 4. The van der Waals surface area contributed by atoms with Gasteiger partial charge in [0.05, 0.1) is 32.0 Å². The minimum atomic E-state index is -4.96. The van der Waals surface area contributed by atoms with Crippen LogP contribution in [0.2, 0.25) is 10.0 Å². The maximum atomic E-state index is 13.1. The molecule has 5 rings (SSSR count). The number of benzene rings is 3. The Kier molecular flexibility index (Phi) is 5.46. The normalized spacial score (nSPS) is 12.0. The van der Waals surface area contributed by atoms with Crippen LogP contribution in [0.5, 0.6) is 0 Å². The molecule has 11 heteroatoms. The first kappa shape index (κ1) is 22.3. The van der Waals surface area contributed by atoms with E-state index in [1.807, 2.05) is 0 Å². The second-order valence-electron chi connectivity index (χ2n) is 6.79. The van der Waals surface area contributed by atoms with Crippen molar-refractivity contribution in [3.05, 3.63) is 73.0 Å². The quantitative estimate of drug-likeness (QED) is 0.208. The van der Waals surface area contributed by atoms with Gasteiger partial charge in [0, 0.05) is 26.6 Å². The molecule has 0 aliphatic carbocycles. The van der Waals surface area contributed by atoms with E-state index in [9.17, 15) is 22.6 Å². The van der Waals surface area contributed by atoms with Crippen LogP contribution in [0.4, 0.5) is 0 Å². The molecule has 0 aliphatic rings. The molecular weight excluding hydrogens is 474 g/mol. The molecule has 2 N–H and O–H groups in total. The largest absolute Gasteiger partial charge is 1.00 e. The van der Waals surface area contributed by atoms with Crippen LogP contribution in [-0.4, -0.2) is 22.9 Å². The van der Waals surface area contributed by atoms with Crippen molar-refractivity contribution in [1.82, 2.24) is 9.97 Å². The minimum Gasteiger partial charge on any atom is -0.744 e. The summed E-state index contributed by atoms with van der Waals surface area (Å²) >= 11 is 11.9. The van der Waals surface area contributed by atoms with Crippen LogP contribution in [0, 0.1) is 0 Å². The van der Waals surface area contributed by atoms with Gasteiger partial charge >= 0.3 is 29.6 Å². The Morgan fingerprint density at radius 3 is 1.94 bits per heavy atom. The van der Waals surface area contributed by atoms with E-state index in [-0.39, 0.29) is 67.2 Å². The fraction of sp³-hybridized carbons (Fsp3) is 0. The number of aromatic amines is 2. The minimum absolute atomic E-state index is 0. The van der Waals surface area contributed by atoms with Gasteiger partial charge < -0.3 is 14.5 Å². The molecule has 0 aliphatic heterocycles. The molecule has 0 spiro atoms. The van der Waals surface area contributed by atoms with Crippen molar-refractivity contribution in [3.8, 4) is 0 Å². The Morgan fingerprint density at radius 1 is 0.742 bits per heavy atom. The number of aromatic nitrogens is 2. The van der Waals surface area contributed by atoms with Gasteiger partial charge in [0.25, 0.3) is 0 Å². The number of halogens is 2. The van der Waals surface area contributed by atoms with Gasteiger partial charge in [0.15, 0.2) is 10.9 Å². The van der Waals surface area contributed by atoms with Crippen LogP contribution < -0.4 is 40.4 Å². The number of pyridine rings is 2. The molecule has 2 aromatic heterocycles. The average molecular weight is 483 g/mol. The van der Waals surface area contributed by atoms with Gasteiger partial charge in [-0.1, -0.05) is 23.2 Å². The van der Waals surface area contributed by atoms with E-state index in [0.717, 1.165) is 0 Å². The van der Waals surface area contributed by atoms with Gasteiger partial charge in [0.1, 0.15) is 10.1 Å². The molecule has 0 fully saturated rings. The molecule has 0 radical (unpaired) electrons. The molecule has 31 heavy (non-hydrogen) atoms. The summed E-state index contributed by atoms with van der Waals surface area (Å²) in [5, 5.41) is 1.04. The summed E-state index contributed by atoms with van der Waals surface area (Å²) in [5.41, 5.74) is 0.139. The van der Waals surface area contributed by atoms with Crippen LogP contribution in [0.25, 0.3) is 43.6 Å². The average Bonchev–Trinajstić information content (AvgIpc) is 2.66. The monoisotopic (exact) mass is 482 g/mol. The second kappa shape index (κ2) is 7.60. The first-order chi connectivity index (χ1) is 14.1. The van der Waals surface area contributed by atoms with Gasteiger partial charge in [-0.15, -0.1) is 0 Å². The maximum Gasteiger partial charge on any atom is 1.00 e. The summed E-state index contributed by atoms with van der Waals surface area (Å²) in [7, 11) is -4.96. The summed E-state index contributed by atoms with van der Waals surface area (Å²) in [4.78, 5) is 31.2. The second-order valence-corrected chi connectivity index (χ2v) is 8.95. The fourth-order valence-corrected chi connectivity index (χ4v) is 5.02. The third-order valence-corrected chi connectivity index (χ3v) is 6.59. The van der Waals surface area contributed by atoms with E-state index in [1.165, 1.54) is 24.3 Å². The molecule has 0 amide bonds. The van der Waals surface area contributed by atoms with Crippen LogP contribution in [-0.2, 0) is 10.1 Å². The number of nitrogens with one attached hydrogen (secondary N) is 2. The van der Waals surface area contributed by atoms with Gasteiger partial charge in [-0.3, -0.25) is 9.59 Å². The van der Waals surface area contributed by atoms with Crippen molar-refractivity contribution in [3.63, 3.8) is 0 Å². The molecule has 2 heterocycles. The van der Waals surface area contributed by atoms with Crippen molar-refractivity contribution in [2.75, 3.05) is 0 Å². The predicted octanol–water partition coefficient (Wildman–Crippen LogP) is 0.891. The summed E-state index contributed by atoms with van der Waals surface area (Å²) < 4.78 is 35.2. The smallest absolute Gasteiger partial charge is 0.744 e. The summed E-state index contributed by atoms with van der Waals surface area (Å²) in [5.74, 6) is 0. The van der Waals surface area contributed by atoms with E-state index in [2.05, 4.69) is 9.97 Å². The molecule has 0 saturated carbocycles. The number of H-pyrrole nitrogens is 2. The summed E-state index contributed by atoms with van der Waals surface area (Å²) in [6.45, 7) is 0. The van der Waals surface area contributed by atoms with Crippen molar-refractivity contribution in [2.24, 2.45) is 0 Å². The van der Waals surface area contributed by atoms with Crippen LogP contribution in [0.1, 0.15) is 0 Å². The number of hydrogen-bond acceptors (Lipinski definition) is 5. The van der Waals surface area contributed by atoms with Crippen molar-refractivity contribution < 1.29 is 42.5 Å². The SMILES string of the molecule is O=c1c2ccc(Cl)cc2[nH]c2cc3c(=O)c4ccc(Cl)c(S(=O)(=O)[O-])c4[nH]c3cc12.[Na+]. The van der Waals surface area contributed by atoms with Gasteiger partial charge in [0.2, 0.25) is 0 Å². The number of rotatable bonds is 1. The summed E-state index contributed by atoms with van der Waals surface area (Å²) in [6.07, 6.45) is 0. The first-order valence-corrected chi connectivity index (χ1v) is 10.7. The predicted molar refractivity (Wildman–Crippen MR) is 116 cm³/mol. The number of hydrogen-bond donors (Lipinski definition) is 2. The molecule has 0 bridgehead atoms. The Morgan fingerprint density at radius 2 is 1.29 bits per heavy atom. The Hall–Kier alpha value is -1.91. The van der Waals surface area contributed by atoms with Crippen LogP contribution in [0.15, 0.2) is 56.9 Å². The standard InChI is InChI=1S/C20H10Cl2N2O5S.Na/c21-8-1-2-9-14(5-8)23-15-6-12-16(7-11(15)18(9)25)24-17-10(19(12)26)3-4-13(22)20(17)30(27,28)29;/h1-7H,(H,23,25)(H,24,26)(H,27,28,29);/q;+1/p-1. The van der Waals surface area contributed by atoms with Crippen LogP contribution >= 0.6 is 23.2 Å². The first-order valence-electron chi connectivity index (χ1n) is 8.54. The zero-order valence-corrected chi connectivity index (χ0v) is 20.1. The fourth-order valence-electron chi connectivity index (χ4n) is 3.69.